The van der Waals surface area contributed by atoms with E-state index in [-0.39, 0.29) is 18.3 Å². The summed E-state index contributed by atoms with van der Waals surface area (Å²) in [6.45, 7) is -0.280. The third-order valence-electron chi connectivity index (χ3n) is 2.98. The molecule has 0 aliphatic carbocycles. The van der Waals surface area contributed by atoms with E-state index in [1.165, 1.54) is 36.2 Å². The second-order valence-electron chi connectivity index (χ2n) is 4.46. The highest BCUT2D eigenvalue weighted by atomic mass is 32.2. The maximum absolute atomic E-state index is 13.6. The van der Waals surface area contributed by atoms with Gasteiger partial charge in [-0.25, -0.2) is 4.39 Å². The van der Waals surface area contributed by atoms with Crippen molar-refractivity contribution in [2.45, 2.75) is 11.8 Å². The van der Waals surface area contributed by atoms with E-state index in [0.29, 0.717) is 22.6 Å². The van der Waals surface area contributed by atoms with Crippen LogP contribution in [-0.4, -0.2) is 23.9 Å². The molecule has 6 heteroatoms. The minimum atomic E-state index is -0.624. The van der Waals surface area contributed by atoms with Crippen LogP contribution in [0.2, 0.25) is 0 Å². The Balaban J connectivity index is 2.14. The lowest BCUT2D eigenvalue weighted by Crippen LogP contribution is -2.30. The van der Waals surface area contributed by atoms with Gasteiger partial charge in [0, 0.05) is 11.3 Å². The number of benzene rings is 1. The Morgan fingerprint density at radius 3 is 2.90 bits per heavy atom. The smallest absolute Gasteiger partial charge is 0.251 e. The Hall–Kier alpha value is -1.79. The topological polar surface area (TPSA) is 62.5 Å². The van der Waals surface area contributed by atoms with Crippen LogP contribution in [0.25, 0.3) is 0 Å². The molecule has 0 fully saturated rings. The summed E-state index contributed by atoms with van der Waals surface area (Å²) >= 11 is 1.48. The molecule has 1 aromatic heterocycles. The molecule has 0 bridgehead atoms. The minimum absolute atomic E-state index is 0.280. The van der Waals surface area contributed by atoms with Gasteiger partial charge < -0.3 is 14.8 Å². The van der Waals surface area contributed by atoms with Gasteiger partial charge in [-0.15, -0.1) is 0 Å². The number of halogens is 1. The molecule has 1 unspecified atom stereocenters. The molecule has 2 N–H and O–H groups in total. The predicted molar refractivity (Wildman–Crippen MR) is 79.6 cm³/mol. The average molecular weight is 309 g/mol. The summed E-state index contributed by atoms with van der Waals surface area (Å²) in [7, 11) is 0. The zero-order valence-corrected chi connectivity index (χ0v) is 12.3. The molecule has 2 rings (SSSR count). The van der Waals surface area contributed by atoms with Crippen LogP contribution in [0.5, 0.6) is 0 Å². The molecule has 0 saturated carbocycles. The number of amides is 1. The first-order valence-electron chi connectivity index (χ1n) is 6.38. The number of hydrogen-bond donors (Lipinski definition) is 2. The molecule has 0 saturated heterocycles. The van der Waals surface area contributed by atoms with Crippen molar-refractivity contribution < 1.29 is 18.7 Å². The first kappa shape index (κ1) is 15.6. The molecule has 2 aromatic rings. The largest absolute Gasteiger partial charge is 0.467 e. The fraction of sp³-hybridized carbons (Fsp3) is 0.267. The Morgan fingerprint density at radius 2 is 2.29 bits per heavy atom. The van der Waals surface area contributed by atoms with Crippen LogP contribution in [0.3, 0.4) is 0 Å². The van der Waals surface area contributed by atoms with Crippen molar-refractivity contribution in [3.05, 3.63) is 59.3 Å². The van der Waals surface area contributed by atoms with Gasteiger partial charge in [-0.05, 0) is 42.2 Å². The SMILES string of the molecule is CSCc1cc(C(=O)NC(CO)c2ccco2)ccc1F. The van der Waals surface area contributed by atoms with Gasteiger partial charge in [-0.3, -0.25) is 4.79 Å². The van der Waals surface area contributed by atoms with Crippen LogP contribution in [0, 0.1) is 5.82 Å². The molecule has 21 heavy (non-hydrogen) atoms. The first-order valence-corrected chi connectivity index (χ1v) is 7.77. The highest BCUT2D eigenvalue weighted by molar-refractivity contribution is 7.97. The summed E-state index contributed by atoms with van der Waals surface area (Å²) < 4.78 is 18.7. The van der Waals surface area contributed by atoms with Gasteiger partial charge in [0.25, 0.3) is 5.91 Å². The molecule has 0 spiro atoms. The lowest BCUT2D eigenvalue weighted by Gasteiger charge is -2.14. The van der Waals surface area contributed by atoms with E-state index >= 15 is 0 Å². The Bertz CT molecular complexity index is 601. The molecule has 0 aliphatic heterocycles. The Morgan fingerprint density at radius 1 is 1.48 bits per heavy atom. The van der Waals surface area contributed by atoms with Crippen molar-refractivity contribution in [1.29, 1.82) is 0 Å². The van der Waals surface area contributed by atoms with Gasteiger partial charge >= 0.3 is 0 Å². The van der Waals surface area contributed by atoms with Gasteiger partial charge in [-0.2, -0.15) is 11.8 Å². The van der Waals surface area contributed by atoms with E-state index in [9.17, 15) is 14.3 Å². The number of aliphatic hydroxyl groups excluding tert-OH is 1. The Kier molecular flexibility index (Phi) is 5.41. The third-order valence-corrected chi connectivity index (χ3v) is 3.58. The fourth-order valence-corrected chi connectivity index (χ4v) is 2.45. The number of rotatable bonds is 6. The number of carbonyl (C=O) groups is 1. The average Bonchev–Trinajstić information content (AvgIpc) is 3.01. The molecule has 1 amide bonds. The summed E-state index contributed by atoms with van der Waals surface area (Å²) in [6.07, 6.45) is 3.34. The van der Waals surface area contributed by atoms with Crippen LogP contribution < -0.4 is 5.32 Å². The van der Waals surface area contributed by atoms with E-state index in [1.54, 1.807) is 12.1 Å². The highest BCUT2D eigenvalue weighted by Gasteiger charge is 2.18. The second-order valence-corrected chi connectivity index (χ2v) is 5.33. The molecule has 1 aromatic carbocycles. The van der Waals surface area contributed by atoms with Crippen LogP contribution in [0.4, 0.5) is 4.39 Å². The summed E-state index contributed by atoms with van der Waals surface area (Å²) in [5, 5.41) is 12.0. The molecule has 0 radical (unpaired) electrons. The summed E-state index contributed by atoms with van der Waals surface area (Å²) in [4.78, 5) is 12.2. The van der Waals surface area contributed by atoms with Gasteiger partial charge in [0.05, 0.1) is 12.9 Å². The van der Waals surface area contributed by atoms with E-state index in [1.807, 2.05) is 6.26 Å². The van der Waals surface area contributed by atoms with Gasteiger partial charge in [0.1, 0.15) is 17.6 Å². The van der Waals surface area contributed by atoms with E-state index in [4.69, 9.17) is 4.42 Å². The number of nitrogens with one attached hydrogen (secondary N) is 1. The normalized spacial score (nSPS) is 12.1. The van der Waals surface area contributed by atoms with E-state index in [2.05, 4.69) is 5.32 Å². The van der Waals surface area contributed by atoms with Crippen molar-refractivity contribution in [2.24, 2.45) is 0 Å². The van der Waals surface area contributed by atoms with Crippen LogP contribution in [0.15, 0.2) is 41.0 Å². The summed E-state index contributed by atoms with van der Waals surface area (Å²) in [6, 6.07) is 6.95. The van der Waals surface area contributed by atoms with E-state index < -0.39 is 6.04 Å². The van der Waals surface area contributed by atoms with Gasteiger partial charge in [0.15, 0.2) is 0 Å². The zero-order valence-electron chi connectivity index (χ0n) is 11.5. The lowest BCUT2D eigenvalue weighted by atomic mass is 10.1. The van der Waals surface area contributed by atoms with Crippen molar-refractivity contribution in [3.63, 3.8) is 0 Å². The molecule has 1 atom stereocenters. The van der Waals surface area contributed by atoms with Crippen molar-refractivity contribution in [2.75, 3.05) is 12.9 Å². The number of furan rings is 1. The molecular weight excluding hydrogens is 293 g/mol. The van der Waals surface area contributed by atoms with Crippen molar-refractivity contribution in [3.8, 4) is 0 Å². The molecular formula is C15H16FNO3S. The monoisotopic (exact) mass is 309 g/mol. The predicted octanol–water partition coefficient (Wildman–Crippen LogP) is 2.75. The Labute approximate surface area is 126 Å². The maximum atomic E-state index is 13.6. The molecule has 112 valence electrons. The minimum Gasteiger partial charge on any atom is -0.467 e. The molecule has 4 nitrogen and oxygen atoms in total. The standard InChI is InChI=1S/C15H16FNO3S/c1-21-9-11-7-10(4-5-12(11)16)15(19)17-13(8-18)14-3-2-6-20-14/h2-7,13,18H,8-9H2,1H3,(H,17,19). The highest BCUT2D eigenvalue weighted by Crippen LogP contribution is 2.17. The number of thioether (sulfide) groups is 1. The molecule has 1 heterocycles. The number of hydrogen-bond acceptors (Lipinski definition) is 4. The third kappa shape index (κ3) is 3.86. The maximum Gasteiger partial charge on any atom is 0.251 e. The van der Waals surface area contributed by atoms with Crippen LogP contribution in [-0.2, 0) is 5.75 Å². The summed E-state index contributed by atoms with van der Waals surface area (Å²) in [5.74, 6) is 0.255. The number of carbonyl (C=O) groups excluding carboxylic acids is 1. The van der Waals surface area contributed by atoms with Crippen molar-refractivity contribution >= 4 is 17.7 Å². The van der Waals surface area contributed by atoms with Crippen LogP contribution >= 0.6 is 11.8 Å². The van der Waals surface area contributed by atoms with E-state index in [0.717, 1.165) is 0 Å². The van der Waals surface area contributed by atoms with Crippen LogP contribution in [0.1, 0.15) is 27.7 Å². The van der Waals surface area contributed by atoms with Crippen molar-refractivity contribution in [1.82, 2.24) is 5.32 Å². The van der Waals surface area contributed by atoms with Gasteiger partial charge in [0.2, 0.25) is 0 Å². The van der Waals surface area contributed by atoms with Gasteiger partial charge in [-0.1, -0.05) is 0 Å². The lowest BCUT2D eigenvalue weighted by molar-refractivity contribution is 0.0907. The zero-order chi connectivity index (χ0) is 15.2. The fourth-order valence-electron chi connectivity index (χ4n) is 1.92. The quantitative estimate of drug-likeness (QED) is 0.861. The first-order chi connectivity index (χ1) is 10.2. The summed E-state index contributed by atoms with van der Waals surface area (Å²) in [5.41, 5.74) is 0.833. The number of aliphatic hydroxyl groups is 1. The molecule has 0 aliphatic rings. The second kappa shape index (κ2) is 7.28.